The Balaban J connectivity index is 1.70. The summed E-state index contributed by atoms with van der Waals surface area (Å²) in [6.45, 7) is 6.05. The van der Waals surface area contributed by atoms with Crippen molar-refractivity contribution >= 4 is 11.9 Å². The van der Waals surface area contributed by atoms with Crippen molar-refractivity contribution < 1.29 is 14.7 Å². The number of rotatable bonds is 4. The Kier molecular flexibility index (Phi) is 5.15. The molecule has 3 atom stereocenters. The normalized spacial score (nSPS) is 24.0. The zero-order valence-electron chi connectivity index (χ0n) is 17.2. The van der Waals surface area contributed by atoms with Crippen molar-refractivity contribution in [2.75, 3.05) is 0 Å². The Hall–Kier alpha value is -2.70. The number of hydrogen-bond acceptors (Lipinski definition) is 4. The smallest absolute Gasteiger partial charge is 0.326 e. The lowest BCUT2D eigenvalue weighted by Crippen LogP contribution is -2.46. The summed E-state index contributed by atoms with van der Waals surface area (Å²) >= 11 is 0. The van der Waals surface area contributed by atoms with Crippen LogP contribution in [0.5, 0.6) is 0 Å². The number of fused-ring (bicyclic) bond motifs is 1. The minimum absolute atomic E-state index is 0.0208. The van der Waals surface area contributed by atoms with Crippen LogP contribution in [0, 0.1) is 12.8 Å². The standard InChI is InChI=1S/C22H28N4O3/c1-13(2)16-9-5-7-11-18(16)26-14(3)23-20(24-26)21(27)25-17-10-6-4-8-15(17)12-19(25)22(28)29/h5,7,9,11,13,15,17,19H,4,6,8,10,12H2,1-3H3,(H,28,29). The van der Waals surface area contributed by atoms with Gasteiger partial charge in [-0.05, 0) is 49.7 Å². The summed E-state index contributed by atoms with van der Waals surface area (Å²) in [6.07, 6.45) is 4.51. The zero-order chi connectivity index (χ0) is 20.7. The van der Waals surface area contributed by atoms with Crippen molar-refractivity contribution in [3.8, 4) is 5.69 Å². The van der Waals surface area contributed by atoms with Crippen molar-refractivity contribution in [2.24, 2.45) is 5.92 Å². The van der Waals surface area contributed by atoms with Gasteiger partial charge >= 0.3 is 5.97 Å². The van der Waals surface area contributed by atoms with Crippen LogP contribution in [0.25, 0.3) is 5.69 Å². The van der Waals surface area contributed by atoms with E-state index in [4.69, 9.17) is 0 Å². The van der Waals surface area contributed by atoms with Gasteiger partial charge in [-0.15, -0.1) is 5.10 Å². The molecule has 1 saturated carbocycles. The van der Waals surface area contributed by atoms with Crippen molar-refractivity contribution in [2.45, 2.75) is 70.9 Å². The molecule has 29 heavy (non-hydrogen) atoms. The van der Waals surface area contributed by atoms with Gasteiger partial charge < -0.3 is 10.0 Å². The molecule has 1 N–H and O–H groups in total. The first-order chi connectivity index (χ1) is 13.9. The predicted molar refractivity (Wildman–Crippen MR) is 108 cm³/mol. The van der Waals surface area contributed by atoms with Crippen LogP contribution in [0.2, 0.25) is 0 Å². The molecule has 2 heterocycles. The van der Waals surface area contributed by atoms with E-state index in [1.165, 1.54) is 0 Å². The summed E-state index contributed by atoms with van der Waals surface area (Å²) in [5.74, 6) is -0.0402. The highest BCUT2D eigenvalue weighted by molar-refractivity contribution is 5.94. The first-order valence-electron chi connectivity index (χ1n) is 10.5. The fourth-order valence-corrected chi connectivity index (χ4v) is 4.97. The van der Waals surface area contributed by atoms with E-state index in [1.807, 2.05) is 25.1 Å². The van der Waals surface area contributed by atoms with Crippen LogP contribution < -0.4 is 0 Å². The van der Waals surface area contributed by atoms with E-state index in [-0.39, 0.29) is 23.7 Å². The van der Waals surface area contributed by atoms with Gasteiger partial charge in [0.2, 0.25) is 5.82 Å². The first kappa shape index (κ1) is 19.6. The van der Waals surface area contributed by atoms with Crippen LogP contribution in [0.4, 0.5) is 0 Å². The van der Waals surface area contributed by atoms with Gasteiger partial charge in [0, 0.05) is 6.04 Å². The van der Waals surface area contributed by atoms with Gasteiger partial charge in [-0.3, -0.25) is 4.79 Å². The summed E-state index contributed by atoms with van der Waals surface area (Å²) in [6, 6.07) is 7.15. The number of nitrogens with zero attached hydrogens (tertiary/aromatic N) is 4. The maximum absolute atomic E-state index is 13.4. The van der Waals surface area contributed by atoms with Crippen LogP contribution in [0.15, 0.2) is 24.3 Å². The van der Waals surface area contributed by atoms with Gasteiger partial charge in [-0.25, -0.2) is 14.5 Å². The summed E-state index contributed by atoms with van der Waals surface area (Å²) in [5.41, 5.74) is 2.02. The second-order valence-corrected chi connectivity index (χ2v) is 8.52. The van der Waals surface area contributed by atoms with Gasteiger partial charge in [-0.2, -0.15) is 0 Å². The number of carbonyl (C=O) groups is 2. The minimum Gasteiger partial charge on any atom is -0.480 e. The highest BCUT2D eigenvalue weighted by atomic mass is 16.4. The number of amides is 1. The van der Waals surface area contributed by atoms with E-state index in [1.54, 1.807) is 9.58 Å². The van der Waals surface area contributed by atoms with E-state index in [9.17, 15) is 14.7 Å². The van der Waals surface area contributed by atoms with E-state index < -0.39 is 12.0 Å². The molecule has 1 aliphatic heterocycles. The lowest BCUT2D eigenvalue weighted by molar-refractivity contribution is -0.141. The number of aromatic nitrogens is 3. The number of hydrogen-bond donors (Lipinski definition) is 1. The lowest BCUT2D eigenvalue weighted by atomic mass is 9.85. The van der Waals surface area contributed by atoms with Gasteiger partial charge in [0.05, 0.1) is 5.69 Å². The van der Waals surface area contributed by atoms with Crippen molar-refractivity contribution in [3.05, 3.63) is 41.5 Å². The number of carboxylic acid groups (broad SMARTS) is 1. The quantitative estimate of drug-likeness (QED) is 0.854. The number of aliphatic carboxylic acids is 1. The maximum Gasteiger partial charge on any atom is 0.326 e. The minimum atomic E-state index is -0.936. The Labute approximate surface area is 170 Å². The molecule has 0 radical (unpaired) electrons. The molecular formula is C22H28N4O3. The molecule has 1 aliphatic carbocycles. The third-order valence-corrected chi connectivity index (χ3v) is 6.35. The fourth-order valence-electron chi connectivity index (χ4n) is 4.97. The second kappa shape index (κ2) is 7.61. The topological polar surface area (TPSA) is 88.3 Å². The Bertz CT molecular complexity index is 936. The number of carboxylic acids is 1. The monoisotopic (exact) mass is 396 g/mol. The Morgan fingerprint density at radius 3 is 2.62 bits per heavy atom. The third kappa shape index (κ3) is 3.43. The number of para-hydroxylation sites is 1. The first-order valence-corrected chi connectivity index (χ1v) is 10.5. The largest absolute Gasteiger partial charge is 0.480 e. The zero-order valence-corrected chi connectivity index (χ0v) is 17.2. The van der Waals surface area contributed by atoms with Gasteiger partial charge in [0.15, 0.2) is 0 Å². The molecule has 1 saturated heterocycles. The molecule has 0 bridgehead atoms. The van der Waals surface area contributed by atoms with E-state index >= 15 is 0 Å². The molecule has 154 valence electrons. The van der Waals surface area contributed by atoms with Crippen LogP contribution in [0.3, 0.4) is 0 Å². The van der Waals surface area contributed by atoms with Gasteiger partial charge in [-0.1, -0.05) is 44.9 Å². The molecule has 0 spiro atoms. The molecule has 4 rings (SSSR count). The summed E-state index contributed by atoms with van der Waals surface area (Å²) in [5, 5.41) is 14.2. The Morgan fingerprint density at radius 1 is 1.17 bits per heavy atom. The number of benzene rings is 1. The van der Waals surface area contributed by atoms with Crippen molar-refractivity contribution in [1.82, 2.24) is 19.7 Å². The molecule has 1 aromatic carbocycles. The summed E-state index contributed by atoms with van der Waals surface area (Å²) in [7, 11) is 0. The fraction of sp³-hybridized carbons (Fsp3) is 0.545. The number of carbonyl (C=O) groups excluding carboxylic acids is 1. The molecule has 7 heteroatoms. The molecule has 2 fully saturated rings. The van der Waals surface area contributed by atoms with Crippen LogP contribution in [0.1, 0.15) is 73.9 Å². The number of likely N-dealkylation sites (tertiary alicyclic amines) is 1. The van der Waals surface area contributed by atoms with Crippen molar-refractivity contribution in [1.29, 1.82) is 0 Å². The average molecular weight is 396 g/mol. The SMILES string of the molecule is Cc1nc(C(=O)N2C(C(=O)O)CC3CCCCC32)nn1-c1ccccc1C(C)C. The maximum atomic E-state index is 13.4. The molecule has 1 amide bonds. The van der Waals surface area contributed by atoms with E-state index in [0.29, 0.717) is 18.2 Å². The van der Waals surface area contributed by atoms with Crippen molar-refractivity contribution in [3.63, 3.8) is 0 Å². The highest BCUT2D eigenvalue weighted by Crippen LogP contribution is 2.40. The predicted octanol–water partition coefficient (Wildman–Crippen LogP) is 3.56. The molecule has 3 unspecified atom stereocenters. The van der Waals surface area contributed by atoms with E-state index in [2.05, 4.69) is 30.0 Å². The third-order valence-electron chi connectivity index (χ3n) is 6.35. The molecule has 2 aliphatic rings. The van der Waals surface area contributed by atoms with Crippen LogP contribution >= 0.6 is 0 Å². The summed E-state index contributed by atoms with van der Waals surface area (Å²) in [4.78, 5) is 31.2. The number of aryl methyl sites for hydroxylation is 1. The summed E-state index contributed by atoms with van der Waals surface area (Å²) < 4.78 is 1.70. The molecule has 2 aromatic rings. The van der Waals surface area contributed by atoms with Crippen LogP contribution in [-0.2, 0) is 4.79 Å². The molecule has 7 nitrogen and oxygen atoms in total. The van der Waals surface area contributed by atoms with E-state index in [0.717, 1.165) is 36.9 Å². The molecule has 1 aromatic heterocycles. The van der Waals surface area contributed by atoms with Gasteiger partial charge in [0.1, 0.15) is 11.9 Å². The Morgan fingerprint density at radius 2 is 1.90 bits per heavy atom. The lowest BCUT2D eigenvalue weighted by Gasteiger charge is -2.32. The highest BCUT2D eigenvalue weighted by Gasteiger charge is 2.48. The second-order valence-electron chi connectivity index (χ2n) is 8.52. The van der Waals surface area contributed by atoms with Crippen LogP contribution in [-0.4, -0.2) is 48.7 Å². The molecular weight excluding hydrogens is 368 g/mol. The average Bonchev–Trinajstić information content (AvgIpc) is 3.28. The van der Waals surface area contributed by atoms with Gasteiger partial charge in [0.25, 0.3) is 5.91 Å².